The van der Waals surface area contributed by atoms with Gasteiger partial charge in [-0.1, -0.05) is 72.8 Å². The number of benzene rings is 7. The zero-order valence-electron chi connectivity index (χ0n) is 27.5. The Balaban J connectivity index is 1.09. The van der Waals surface area contributed by atoms with Crippen LogP contribution in [0, 0.1) is 0 Å². The number of esters is 2. The Morgan fingerprint density at radius 1 is 0.365 bits per heavy atom. The second-order valence-corrected chi connectivity index (χ2v) is 13.2. The highest BCUT2D eigenvalue weighted by Gasteiger charge is 2.31. The van der Waals surface area contributed by atoms with E-state index < -0.39 is 11.9 Å². The third-order valence-electron chi connectivity index (χ3n) is 10.4. The number of nitrogens with zero attached hydrogens (tertiary/aromatic N) is 2. The summed E-state index contributed by atoms with van der Waals surface area (Å²) < 4.78 is 16.4. The van der Waals surface area contributed by atoms with Crippen LogP contribution < -0.4 is 10.4 Å². The van der Waals surface area contributed by atoms with Crippen LogP contribution in [0.4, 0.5) is 0 Å². The number of rotatable bonds is 4. The predicted molar refractivity (Wildman–Crippen MR) is 203 cm³/mol. The zero-order chi connectivity index (χ0) is 34.5. The lowest BCUT2D eigenvalue weighted by Gasteiger charge is -2.08. The first-order chi connectivity index (χ1) is 25.6. The summed E-state index contributed by atoms with van der Waals surface area (Å²) in [5, 5.41) is 5.41. The minimum absolute atomic E-state index is 0.401. The molecule has 0 fully saturated rings. The molecule has 0 spiro atoms. The molecule has 6 heteroatoms. The van der Waals surface area contributed by atoms with Crippen molar-refractivity contribution in [2.24, 2.45) is 0 Å². The lowest BCUT2D eigenvalue weighted by Crippen LogP contribution is -2.20. The average Bonchev–Trinajstić information content (AvgIpc) is 3.92. The van der Waals surface area contributed by atoms with E-state index in [1.807, 2.05) is 72.8 Å². The number of hydrogen-bond acceptors (Lipinski definition) is 4. The maximum Gasteiger partial charge on any atom is 0.344 e. The highest BCUT2D eigenvalue weighted by atomic mass is 16.5. The molecule has 0 N–H and O–H groups in total. The van der Waals surface area contributed by atoms with Gasteiger partial charge in [0, 0.05) is 54.5 Å². The van der Waals surface area contributed by atoms with Crippen LogP contribution in [0.25, 0.3) is 66.5 Å². The molecule has 6 nitrogen and oxygen atoms in total. The topological polar surface area (TPSA) is 62.5 Å². The summed E-state index contributed by atoms with van der Waals surface area (Å²) in [6, 6.07) is 52.8. The van der Waals surface area contributed by atoms with E-state index >= 15 is 0 Å². The maximum atomic E-state index is 13.5. The smallest absolute Gasteiger partial charge is 0.344 e. The van der Waals surface area contributed by atoms with Gasteiger partial charge in [0.25, 0.3) is 0 Å². The summed E-state index contributed by atoms with van der Waals surface area (Å²) in [6.45, 7) is 0. The lowest BCUT2D eigenvalue weighted by atomic mass is 10.0. The summed E-state index contributed by atoms with van der Waals surface area (Å²) in [5.74, 6) is -0.0605. The Bertz CT molecular complexity index is 2940. The van der Waals surface area contributed by atoms with Gasteiger partial charge in [-0.05, 0) is 84.9 Å². The van der Waals surface area contributed by atoms with Gasteiger partial charge in [-0.25, -0.2) is 9.59 Å². The van der Waals surface area contributed by atoms with Gasteiger partial charge in [0.1, 0.15) is 11.5 Å². The van der Waals surface area contributed by atoms with Crippen molar-refractivity contribution >= 4 is 67.1 Å². The fourth-order valence-electron chi connectivity index (χ4n) is 8.09. The van der Waals surface area contributed by atoms with Gasteiger partial charge in [-0.3, -0.25) is 0 Å². The van der Waals surface area contributed by atoms with Crippen molar-refractivity contribution in [3.05, 3.63) is 190 Å². The van der Waals surface area contributed by atoms with E-state index in [9.17, 15) is 9.59 Å². The first-order valence-corrected chi connectivity index (χ1v) is 17.2. The monoisotopic (exact) mass is 670 g/mol. The second kappa shape index (κ2) is 10.7. The average molecular weight is 671 g/mol. The van der Waals surface area contributed by atoms with Crippen LogP contribution in [0.2, 0.25) is 0 Å². The Labute approximate surface area is 296 Å². The number of carbonyl (C=O) groups excluding carboxylic acids is 2. The molecule has 2 aliphatic rings. The number of ether oxygens (including phenoxy) is 2. The highest BCUT2D eigenvalue weighted by molar-refractivity contribution is 6.12. The van der Waals surface area contributed by atoms with Gasteiger partial charge in [-0.2, -0.15) is 0 Å². The maximum absolute atomic E-state index is 13.5. The molecule has 11 rings (SSSR count). The molecule has 0 saturated carbocycles. The van der Waals surface area contributed by atoms with Crippen molar-refractivity contribution in [2.45, 2.75) is 0 Å². The van der Waals surface area contributed by atoms with Crippen LogP contribution in [-0.4, -0.2) is 21.1 Å². The van der Waals surface area contributed by atoms with Crippen molar-refractivity contribution in [2.75, 3.05) is 0 Å². The molecule has 7 aromatic carbocycles. The number of carbonyl (C=O) groups is 2. The molecule has 0 atom stereocenters. The Morgan fingerprint density at radius 2 is 0.750 bits per heavy atom. The lowest BCUT2D eigenvalue weighted by molar-refractivity contribution is 0.0698. The van der Waals surface area contributed by atoms with Crippen molar-refractivity contribution < 1.29 is 19.1 Å². The van der Waals surface area contributed by atoms with Gasteiger partial charge in [0.05, 0.1) is 33.2 Å². The van der Waals surface area contributed by atoms with Gasteiger partial charge in [0.15, 0.2) is 0 Å². The predicted octanol–water partition coefficient (Wildman–Crippen LogP) is 8.53. The van der Waals surface area contributed by atoms with Gasteiger partial charge < -0.3 is 18.6 Å². The fraction of sp³-hybridized carbons (Fsp3) is 0. The molecule has 2 aromatic heterocycles. The van der Waals surface area contributed by atoms with Crippen LogP contribution in [-0.2, 0) is 9.47 Å². The molecule has 0 aliphatic carbocycles. The zero-order valence-corrected chi connectivity index (χ0v) is 27.5. The van der Waals surface area contributed by atoms with Gasteiger partial charge in [-0.15, -0.1) is 0 Å². The minimum atomic E-state index is -0.459. The van der Waals surface area contributed by atoms with Crippen LogP contribution in [0.3, 0.4) is 0 Å². The van der Waals surface area contributed by atoms with Crippen LogP contribution >= 0.6 is 0 Å². The molecule has 0 amide bonds. The largest absolute Gasteiger partial charge is 0.422 e. The van der Waals surface area contributed by atoms with E-state index in [4.69, 9.17) is 9.47 Å². The molecule has 0 radical (unpaired) electrons. The van der Waals surface area contributed by atoms with Crippen LogP contribution in [0.15, 0.2) is 158 Å². The van der Waals surface area contributed by atoms with Crippen LogP contribution in [0.5, 0.6) is 0 Å². The standard InChI is InChI=1S/C46H26N2O4/c49-45-37-26-36-38(46(50)52-44(36)28-20-22-42-34(24-28)32-16-8-10-18-40(32)48(42)30-13-5-2-6-14-30)25-35(37)43(51-45)27-19-21-41-33(23-27)31-15-7-9-17-39(31)47(41)29-11-3-1-4-12-29/h1-26H. The number of hydrogen-bond donors (Lipinski definition) is 0. The highest BCUT2D eigenvalue weighted by Crippen LogP contribution is 2.36. The molecule has 0 saturated heterocycles. The van der Waals surface area contributed by atoms with Crippen molar-refractivity contribution in [3.63, 3.8) is 0 Å². The molecule has 0 unspecified atom stereocenters. The quantitative estimate of drug-likeness (QED) is 0.176. The normalized spacial score (nSPS) is 13.7. The molecular weight excluding hydrogens is 645 g/mol. The first kappa shape index (κ1) is 28.6. The molecule has 9 aromatic rings. The van der Waals surface area contributed by atoms with E-state index in [1.54, 1.807) is 12.1 Å². The van der Waals surface area contributed by atoms with Crippen LogP contribution in [0.1, 0.15) is 31.8 Å². The minimum Gasteiger partial charge on any atom is -0.422 e. The summed E-state index contributed by atoms with van der Waals surface area (Å²) >= 11 is 0. The second-order valence-electron chi connectivity index (χ2n) is 13.2. The molecule has 2 aliphatic heterocycles. The van der Waals surface area contributed by atoms with E-state index in [0.717, 1.165) is 66.1 Å². The molecule has 52 heavy (non-hydrogen) atoms. The summed E-state index contributed by atoms with van der Waals surface area (Å²) in [5.41, 5.74) is 8.70. The summed E-state index contributed by atoms with van der Waals surface area (Å²) in [6.07, 6.45) is 0. The third kappa shape index (κ3) is 4.00. The van der Waals surface area contributed by atoms with E-state index in [2.05, 4.69) is 81.9 Å². The molecular formula is C46H26N2O4. The number of para-hydroxylation sites is 4. The molecule has 0 bridgehead atoms. The van der Waals surface area contributed by atoms with Gasteiger partial charge >= 0.3 is 11.9 Å². The Morgan fingerprint density at radius 3 is 1.19 bits per heavy atom. The number of fused-ring (bicyclic) bond motifs is 8. The molecule has 4 heterocycles. The van der Waals surface area contributed by atoms with Gasteiger partial charge in [0.2, 0.25) is 0 Å². The number of cyclic esters (lactones) is 2. The molecule has 244 valence electrons. The Hall–Kier alpha value is -7.18. The summed E-state index contributed by atoms with van der Waals surface area (Å²) in [7, 11) is 0. The Kier molecular flexibility index (Phi) is 5.87. The van der Waals surface area contributed by atoms with Crippen molar-refractivity contribution in [1.82, 2.24) is 9.13 Å². The fourth-order valence-corrected chi connectivity index (χ4v) is 8.09. The van der Waals surface area contributed by atoms with E-state index in [0.29, 0.717) is 33.1 Å². The van der Waals surface area contributed by atoms with E-state index in [-0.39, 0.29) is 0 Å². The SMILES string of the molecule is O=C1OC(c2ccc3c(c2)c2ccccc2n3-c2ccccc2)=c2cc3c(cc21)=C(c1ccc2c(c1)c1ccccc1n2-c1ccccc1)OC3=O. The van der Waals surface area contributed by atoms with Crippen molar-refractivity contribution in [1.29, 1.82) is 0 Å². The summed E-state index contributed by atoms with van der Waals surface area (Å²) in [4.78, 5) is 27.0. The third-order valence-corrected chi connectivity index (χ3v) is 10.4. The number of aromatic nitrogens is 2. The van der Waals surface area contributed by atoms with E-state index in [1.165, 1.54) is 0 Å². The first-order valence-electron chi connectivity index (χ1n) is 17.2. The van der Waals surface area contributed by atoms with Crippen molar-refractivity contribution in [3.8, 4) is 11.4 Å².